The number of carbonyl (C=O) groups is 3. The van der Waals surface area contributed by atoms with Crippen LogP contribution >= 0.6 is 0 Å². The SMILES string of the molecule is CCCCCCCCCCCCCCOC(=O)CC[C@H](NC(=O)CCCCCCCCCCCC)C(=O)O. The Bertz CT molecular complexity index is 566. The third-order valence-corrected chi connectivity index (χ3v) is 7.29. The van der Waals surface area contributed by atoms with Gasteiger partial charge in [0.25, 0.3) is 0 Å². The molecule has 0 aliphatic carbocycles. The van der Waals surface area contributed by atoms with Gasteiger partial charge in [0.2, 0.25) is 5.91 Å². The van der Waals surface area contributed by atoms with Crippen LogP contribution in [0.4, 0.5) is 0 Å². The van der Waals surface area contributed by atoms with Crippen molar-refractivity contribution in [1.82, 2.24) is 5.32 Å². The predicted octanol–water partition coefficient (Wildman–Crippen LogP) is 8.89. The molecule has 0 aliphatic heterocycles. The van der Waals surface area contributed by atoms with E-state index in [1.807, 2.05) is 0 Å². The van der Waals surface area contributed by atoms with Crippen molar-refractivity contribution >= 4 is 17.8 Å². The summed E-state index contributed by atoms with van der Waals surface area (Å²) >= 11 is 0. The van der Waals surface area contributed by atoms with Crippen molar-refractivity contribution in [2.45, 2.75) is 180 Å². The summed E-state index contributed by atoms with van der Waals surface area (Å²) in [6, 6.07) is -1.04. The second kappa shape index (κ2) is 28.4. The largest absolute Gasteiger partial charge is 0.480 e. The zero-order valence-electron chi connectivity index (χ0n) is 25.0. The van der Waals surface area contributed by atoms with E-state index in [0.717, 1.165) is 32.1 Å². The van der Waals surface area contributed by atoms with Crippen LogP contribution in [0.2, 0.25) is 0 Å². The summed E-state index contributed by atoms with van der Waals surface area (Å²) in [6.45, 7) is 4.86. The molecule has 0 unspecified atom stereocenters. The topological polar surface area (TPSA) is 92.7 Å². The van der Waals surface area contributed by atoms with Gasteiger partial charge < -0.3 is 15.2 Å². The lowest BCUT2D eigenvalue weighted by molar-refractivity contribution is -0.145. The van der Waals surface area contributed by atoms with Gasteiger partial charge in [-0.2, -0.15) is 0 Å². The number of carboxylic acids is 1. The third-order valence-electron chi connectivity index (χ3n) is 7.29. The van der Waals surface area contributed by atoms with E-state index < -0.39 is 12.0 Å². The quantitative estimate of drug-likeness (QED) is 0.0731. The van der Waals surface area contributed by atoms with Crippen LogP contribution in [-0.2, 0) is 19.1 Å². The highest BCUT2D eigenvalue weighted by molar-refractivity contribution is 5.84. The maximum absolute atomic E-state index is 12.2. The number of rotatable bonds is 29. The van der Waals surface area contributed by atoms with E-state index in [0.29, 0.717) is 13.0 Å². The first-order chi connectivity index (χ1) is 18.5. The summed E-state index contributed by atoms with van der Waals surface area (Å²) in [4.78, 5) is 35.7. The van der Waals surface area contributed by atoms with Crippen LogP contribution in [0.15, 0.2) is 0 Å². The van der Waals surface area contributed by atoms with E-state index in [1.54, 1.807) is 0 Å². The number of hydrogen-bond donors (Lipinski definition) is 2. The lowest BCUT2D eigenvalue weighted by atomic mass is 10.1. The van der Waals surface area contributed by atoms with Crippen molar-refractivity contribution in [3.63, 3.8) is 0 Å². The van der Waals surface area contributed by atoms with E-state index in [-0.39, 0.29) is 24.7 Å². The van der Waals surface area contributed by atoms with Gasteiger partial charge in [-0.3, -0.25) is 9.59 Å². The fourth-order valence-electron chi connectivity index (χ4n) is 4.76. The van der Waals surface area contributed by atoms with Gasteiger partial charge in [-0.15, -0.1) is 0 Å². The van der Waals surface area contributed by atoms with Crippen molar-refractivity contribution in [2.75, 3.05) is 6.61 Å². The lowest BCUT2D eigenvalue weighted by Gasteiger charge is -2.14. The zero-order valence-corrected chi connectivity index (χ0v) is 25.0. The highest BCUT2D eigenvalue weighted by Crippen LogP contribution is 2.13. The molecule has 0 bridgehead atoms. The van der Waals surface area contributed by atoms with E-state index >= 15 is 0 Å². The maximum atomic E-state index is 12.2. The molecule has 0 aromatic heterocycles. The van der Waals surface area contributed by atoms with E-state index in [1.165, 1.54) is 109 Å². The zero-order chi connectivity index (χ0) is 28.1. The first-order valence-electron chi connectivity index (χ1n) is 16.2. The Hall–Kier alpha value is -1.59. The predicted molar refractivity (Wildman–Crippen MR) is 157 cm³/mol. The average molecular weight is 540 g/mol. The minimum atomic E-state index is -1.10. The molecular weight excluding hydrogens is 478 g/mol. The van der Waals surface area contributed by atoms with Crippen molar-refractivity contribution in [3.8, 4) is 0 Å². The van der Waals surface area contributed by atoms with Gasteiger partial charge in [-0.25, -0.2) is 4.79 Å². The molecule has 2 N–H and O–H groups in total. The van der Waals surface area contributed by atoms with Crippen molar-refractivity contribution in [3.05, 3.63) is 0 Å². The van der Waals surface area contributed by atoms with Crippen LogP contribution in [0.1, 0.15) is 174 Å². The summed E-state index contributed by atoms with van der Waals surface area (Å²) in [5.74, 6) is -1.74. The summed E-state index contributed by atoms with van der Waals surface area (Å²) in [6.07, 6.45) is 27.3. The molecular formula is C32H61NO5. The Kier molecular flexibility index (Phi) is 27.2. The molecule has 0 aliphatic rings. The van der Waals surface area contributed by atoms with Crippen LogP contribution in [0.3, 0.4) is 0 Å². The molecule has 0 fully saturated rings. The Balaban J connectivity index is 3.69. The monoisotopic (exact) mass is 539 g/mol. The Morgan fingerprint density at radius 3 is 1.39 bits per heavy atom. The summed E-state index contributed by atoms with van der Waals surface area (Å²) in [5.41, 5.74) is 0. The number of amides is 1. The van der Waals surface area contributed by atoms with Crippen LogP contribution in [0.25, 0.3) is 0 Å². The normalized spacial score (nSPS) is 11.8. The number of aliphatic carboxylic acids is 1. The molecule has 0 aromatic carbocycles. The molecule has 0 saturated heterocycles. The number of carboxylic acid groups (broad SMARTS) is 1. The number of hydrogen-bond acceptors (Lipinski definition) is 4. The van der Waals surface area contributed by atoms with E-state index in [2.05, 4.69) is 19.2 Å². The molecule has 0 saturated carbocycles. The Morgan fingerprint density at radius 2 is 0.974 bits per heavy atom. The molecule has 224 valence electrons. The van der Waals surface area contributed by atoms with Crippen LogP contribution in [-0.4, -0.2) is 35.6 Å². The molecule has 6 heteroatoms. The number of carbonyl (C=O) groups excluding carboxylic acids is 2. The molecule has 0 radical (unpaired) electrons. The van der Waals surface area contributed by atoms with Crippen LogP contribution in [0, 0.1) is 0 Å². The van der Waals surface area contributed by atoms with Gasteiger partial charge >= 0.3 is 11.9 Å². The van der Waals surface area contributed by atoms with Crippen molar-refractivity contribution in [2.24, 2.45) is 0 Å². The molecule has 6 nitrogen and oxygen atoms in total. The second-order valence-corrected chi connectivity index (χ2v) is 11.0. The van der Waals surface area contributed by atoms with Gasteiger partial charge in [0, 0.05) is 12.8 Å². The van der Waals surface area contributed by atoms with Gasteiger partial charge in [0.05, 0.1) is 6.61 Å². The molecule has 0 spiro atoms. The van der Waals surface area contributed by atoms with Crippen molar-refractivity contribution < 1.29 is 24.2 Å². The summed E-state index contributed by atoms with van der Waals surface area (Å²) in [7, 11) is 0. The minimum Gasteiger partial charge on any atom is -0.480 e. The first-order valence-corrected chi connectivity index (χ1v) is 16.2. The molecule has 0 heterocycles. The molecule has 0 aromatic rings. The van der Waals surface area contributed by atoms with Crippen molar-refractivity contribution in [1.29, 1.82) is 0 Å². The van der Waals surface area contributed by atoms with Crippen LogP contribution < -0.4 is 5.32 Å². The highest BCUT2D eigenvalue weighted by Gasteiger charge is 2.21. The minimum absolute atomic E-state index is 0.00770. The summed E-state index contributed by atoms with van der Waals surface area (Å²) < 4.78 is 5.26. The number of unbranched alkanes of at least 4 members (excludes halogenated alkanes) is 20. The lowest BCUT2D eigenvalue weighted by Crippen LogP contribution is -2.41. The van der Waals surface area contributed by atoms with Gasteiger partial charge in [-0.1, -0.05) is 142 Å². The molecule has 0 rings (SSSR count). The molecule has 1 amide bonds. The number of esters is 1. The maximum Gasteiger partial charge on any atom is 0.326 e. The first kappa shape index (κ1) is 36.4. The number of nitrogens with one attached hydrogen (secondary N) is 1. The van der Waals surface area contributed by atoms with Gasteiger partial charge in [0.15, 0.2) is 0 Å². The standard InChI is InChI=1S/C32H61NO5/c1-3-5-7-9-11-13-15-16-18-20-22-24-28-38-31(35)27-26-29(32(36)37)33-30(34)25-23-21-19-17-14-12-10-8-6-4-2/h29H,3-28H2,1-2H3,(H,33,34)(H,36,37)/t29-/m0/s1. The highest BCUT2D eigenvalue weighted by atomic mass is 16.5. The van der Waals surface area contributed by atoms with E-state index in [4.69, 9.17) is 4.74 Å². The second-order valence-electron chi connectivity index (χ2n) is 11.0. The smallest absolute Gasteiger partial charge is 0.326 e. The molecule has 38 heavy (non-hydrogen) atoms. The Morgan fingerprint density at radius 1 is 0.579 bits per heavy atom. The summed E-state index contributed by atoms with van der Waals surface area (Å²) in [5, 5.41) is 12.0. The fraction of sp³-hybridized carbons (Fsp3) is 0.906. The van der Waals surface area contributed by atoms with Gasteiger partial charge in [0.1, 0.15) is 6.04 Å². The third kappa shape index (κ3) is 26.0. The molecule has 1 atom stereocenters. The van der Waals surface area contributed by atoms with Gasteiger partial charge in [-0.05, 0) is 19.3 Å². The number of ether oxygens (including phenoxy) is 1. The Labute approximate surface area is 234 Å². The fourth-order valence-corrected chi connectivity index (χ4v) is 4.76. The van der Waals surface area contributed by atoms with E-state index in [9.17, 15) is 19.5 Å². The average Bonchev–Trinajstić information content (AvgIpc) is 2.90. The van der Waals surface area contributed by atoms with Crippen LogP contribution in [0.5, 0.6) is 0 Å².